The van der Waals surface area contributed by atoms with Crippen molar-refractivity contribution in [1.29, 1.82) is 0 Å². The van der Waals surface area contributed by atoms with Gasteiger partial charge in [-0.25, -0.2) is 4.98 Å². The largest absolute Gasteiger partial charge is 0.350 e. The number of nitrogens with one attached hydrogen (secondary N) is 1. The molecule has 2 unspecified atom stereocenters. The number of nitrogens with zero attached hydrogens (tertiary/aromatic N) is 2. The molecule has 1 N–H and O–H groups in total. The van der Waals surface area contributed by atoms with Gasteiger partial charge in [0.15, 0.2) is 0 Å². The van der Waals surface area contributed by atoms with E-state index in [4.69, 9.17) is 11.6 Å². The average molecular weight is 405 g/mol. The molecule has 0 radical (unpaired) electrons. The highest BCUT2D eigenvalue weighted by atomic mass is 79.9. The van der Waals surface area contributed by atoms with Gasteiger partial charge < -0.3 is 9.72 Å². The lowest BCUT2D eigenvalue weighted by Gasteiger charge is -2.03. The van der Waals surface area contributed by atoms with Crippen molar-refractivity contribution in [2.45, 2.75) is 18.9 Å². The van der Waals surface area contributed by atoms with Crippen LogP contribution < -0.4 is 5.32 Å². The number of aromatic nitrogens is 2. The van der Waals surface area contributed by atoms with Crippen LogP contribution in [0.4, 0.5) is 0 Å². The molecule has 4 rings (SSSR count). The van der Waals surface area contributed by atoms with Crippen molar-refractivity contribution in [2.24, 2.45) is 5.92 Å². The highest BCUT2D eigenvalue weighted by Crippen LogP contribution is 2.47. The van der Waals surface area contributed by atoms with Gasteiger partial charge in [-0.15, -0.1) is 0 Å². The average Bonchev–Trinajstić information content (AvgIpc) is 3.26. The Kier molecular flexibility index (Phi) is 4.06. The Labute approximate surface area is 153 Å². The highest BCUT2D eigenvalue weighted by Gasteiger charge is 2.43. The summed E-state index contributed by atoms with van der Waals surface area (Å²) in [5.41, 5.74) is 2.87. The fourth-order valence-electron chi connectivity index (χ4n) is 2.97. The predicted octanol–water partition coefficient (Wildman–Crippen LogP) is 4.17. The predicted molar refractivity (Wildman–Crippen MR) is 97.0 cm³/mol. The number of imidazole rings is 1. The number of carbonyl (C=O) groups excluding carboxylic acids is 1. The molecule has 6 heteroatoms. The third-order valence-corrected chi connectivity index (χ3v) is 5.09. The summed E-state index contributed by atoms with van der Waals surface area (Å²) in [4.78, 5) is 16.8. The van der Waals surface area contributed by atoms with E-state index in [9.17, 15) is 4.79 Å². The normalized spacial score (nSPS) is 19.4. The minimum atomic E-state index is 0.0673. The molecule has 1 aliphatic carbocycles. The zero-order valence-corrected chi connectivity index (χ0v) is 15.1. The number of benzene rings is 1. The number of halogens is 2. The molecule has 0 saturated heterocycles. The Morgan fingerprint density at radius 1 is 1.25 bits per heavy atom. The SMILES string of the molecule is O=C(NCc1cn2cc(Cl)ccc2n1)C1CC1c1ccc(Br)cc1. The molecule has 24 heavy (non-hydrogen) atoms. The molecule has 122 valence electrons. The molecule has 0 spiro atoms. The molecule has 2 atom stereocenters. The van der Waals surface area contributed by atoms with Gasteiger partial charge in [0.2, 0.25) is 5.91 Å². The Morgan fingerprint density at radius 2 is 2.04 bits per heavy atom. The van der Waals surface area contributed by atoms with Crippen LogP contribution >= 0.6 is 27.5 Å². The molecule has 3 aromatic rings. The Balaban J connectivity index is 1.37. The highest BCUT2D eigenvalue weighted by molar-refractivity contribution is 9.10. The van der Waals surface area contributed by atoms with Gasteiger partial charge in [0.25, 0.3) is 0 Å². The fourth-order valence-corrected chi connectivity index (χ4v) is 3.41. The van der Waals surface area contributed by atoms with Crippen LogP contribution in [0, 0.1) is 5.92 Å². The number of amides is 1. The lowest BCUT2D eigenvalue weighted by atomic mass is 10.1. The Bertz CT molecular complexity index is 906. The first-order valence-corrected chi connectivity index (χ1v) is 8.93. The van der Waals surface area contributed by atoms with E-state index >= 15 is 0 Å². The molecule has 1 aliphatic rings. The van der Waals surface area contributed by atoms with Crippen LogP contribution in [0.1, 0.15) is 23.6 Å². The summed E-state index contributed by atoms with van der Waals surface area (Å²) in [5, 5.41) is 3.65. The number of hydrogen-bond donors (Lipinski definition) is 1. The van der Waals surface area contributed by atoms with Crippen LogP contribution in [0.15, 0.2) is 53.3 Å². The standard InChI is InChI=1S/C18H15BrClN3O/c19-12-3-1-11(2-4-12)15-7-16(15)18(24)21-8-14-10-23-9-13(20)5-6-17(23)22-14/h1-6,9-10,15-16H,7-8H2,(H,21,24). The number of fused-ring (bicyclic) bond motifs is 1. The fraction of sp³-hybridized carbons (Fsp3) is 0.222. The van der Waals surface area contributed by atoms with E-state index in [0.29, 0.717) is 17.5 Å². The van der Waals surface area contributed by atoms with Crippen molar-refractivity contribution in [3.8, 4) is 0 Å². The van der Waals surface area contributed by atoms with Crippen molar-refractivity contribution >= 4 is 39.1 Å². The zero-order chi connectivity index (χ0) is 16.7. The number of pyridine rings is 1. The second-order valence-corrected chi connectivity index (χ2v) is 7.42. The molecule has 1 aromatic carbocycles. The third-order valence-electron chi connectivity index (χ3n) is 4.33. The Morgan fingerprint density at radius 3 is 2.83 bits per heavy atom. The van der Waals surface area contributed by atoms with E-state index in [-0.39, 0.29) is 11.8 Å². The topological polar surface area (TPSA) is 46.4 Å². The molecular formula is C18H15BrClN3O. The number of carbonyl (C=O) groups is 1. The molecule has 2 aromatic heterocycles. The van der Waals surface area contributed by atoms with Gasteiger partial charge in [-0.1, -0.05) is 39.7 Å². The van der Waals surface area contributed by atoms with E-state index < -0.39 is 0 Å². The minimum absolute atomic E-state index is 0.0673. The summed E-state index contributed by atoms with van der Waals surface area (Å²) in [6, 6.07) is 11.9. The van der Waals surface area contributed by atoms with E-state index in [2.05, 4.69) is 38.4 Å². The van der Waals surface area contributed by atoms with E-state index in [0.717, 1.165) is 22.2 Å². The molecule has 1 saturated carbocycles. The maximum atomic E-state index is 12.3. The molecule has 1 fully saturated rings. The van der Waals surface area contributed by atoms with E-state index in [1.165, 1.54) is 5.56 Å². The lowest BCUT2D eigenvalue weighted by Crippen LogP contribution is -2.25. The van der Waals surface area contributed by atoms with Crippen LogP contribution in [-0.2, 0) is 11.3 Å². The number of hydrogen-bond acceptors (Lipinski definition) is 2. The van der Waals surface area contributed by atoms with Crippen molar-refractivity contribution < 1.29 is 4.79 Å². The maximum Gasteiger partial charge on any atom is 0.224 e. The van der Waals surface area contributed by atoms with Gasteiger partial charge in [0.05, 0.1) is 17.3 Å². The van der Waals surface area contributed by atoms with Gasteiger partial charge in [0.1, 0.15) is 5.65 Å². The van der Waals surface area contributed by atoms with Gasteiger partial charge in [0, 0.05) is 22.8 Å². The minimum Gasteiger partial charge on any atom is -0.350 e. The molecule has 4 nitrogen and oxygen atoms in total. The zero-order valence-electron chi connectivity index (χ0n) is 12.7. The molecule has 0 bridgehead atoms. The van der Waals surface area contributed by atoms with Crippen molar-refractivity contribution in [2.75, 3.05) is 0 Å². The molecule has 0 aliphatic heterocycles. The summed E-state index contributed by atoms with van der Waals surface area (Å²) in [6.07, 6.45) is 4.61. The summed E-state index contributed by atoms with van der Waals surface area (Å²) in [7, 11) is 0. The van der Waals surface area contributed by atoms with E-state index in [1.807, 2.05) is 28.8 Å². The number of rotatable bonds is 4. The van der Waals surface area contributed by atoms with Gasteiger partial charge in [-0.3, -0.25) is 4.79 Å². The lowest BCUT2D eigenvalue weighted by molar-refractivity contribution is -0.122. The van der Waals surface area contributed by atoms with Crippen LogP contribution in [0.2, 0.25) is 5.02 Å². The van der Waals surface area contributed by atoms with E-state index in [1.54, 1.807) is 12.3 Å². The van der Waals surface area contributed by atoms with Crippen molar-refractivity contribution in [1.82, 2.24) is 14.7 Å². The summed E-state index contributed by atoms with van der Waals surface area (Å²) in [5.74, 6) is 0.494. The molecule has 1 amide bonds. The first-order valence-electron chi connectivity index (χ1n) is 7.76. The Hall–Kier alpha value is -1.85. The second kappa shape index (κ2) is 6.22. The summed E-state index contributed by atoms with van der Waals surface area (Å²) >= 11 is 9.40. The van der Waals surface area contributed by atoms with Crippen LogP contribution in [0.3, 0.4) is 0 Å². The van der Waals surface area contributed by atoms with Gasteiger partial charge in [-0.05, 0) is 42.2 Å². The van der Waals surface area contributed by atoms with Crippen molar-refractivity contribution in [3.63, 3.8) is 0 Å². The van der Waals surface area contributed by atoms with Gasteiger partial charge in [-0.2, -0.15) is 0 Å². The van der Waals surface area contributed by atoms with Crippen LogP contribution in [-0.4, -0.2) is 15.3 Å². The monoisotopic (exact) mass is 403 g/mol. The molecular weight excluding hydrogens is 390 g/mol. The quantitative estimate of drug-likeness (QED) is 0.709. The maximum absolute atomic E-state index is 12.3. The van der Waals surface area contributed by atoms with Crippen LogP contribution in [0.25, 0.3) is 5.65 Å². The third kappa shape index (κ3) is 3.19. The van der Waals surface area contributed by atoms with Crippen LogP contribution in [0.5, 0.6) is 0 Å². The van der Waals surface area contributed by atoms with Gasteiger partial charge >= 0.3 is 0 Å². The van der Waals surface area contributed by atoms with Crippen molar-refractivity contribution in [3.05, 3.63) is 69.5 Å². The summed E-state index contributed by atoms with van der Waals surface area (Å²) in [6.45, 7) is 0.432. The summed E-state index contributed by atoms with van der Waals surface area (Å²) < 4.78 is 2.92. The second-order valence-electron chi connectivity index (χ2n) is 6.06. The molecule has 2 heterocycles. The first kappa shape index (κ1) is 15.7. The first-order chi connectivity index (χ1) is 11.6. The smallest absolute Gasteiger partial charge is 0.224 e.